The van der Waals surface area contributed by atoms with Gasteiger partial charge in [-0.05, 0) is 53.4 Å². The first-order chi connectivity index (χ1) is 16.7. The lowest BCUT2D eigenvalue weighted by Gasteiger charge is -2.26. The van der Waals surface area contributed by atoms with Crippen molar-refractivity contribution in [1.29, 1.82) is 0 Å². The highest BCUT2D eigenvalue weighted by atomic mass is 16.5. The van der Waals surface area contributed by atoms with Crippen LogP contribution in [0.2, 0.25) is 0 Å². The van der Waals surface area contributed by atoms with Gasteiger partial charge in [-0.3, -0.25) is 14.5 Å². The van der Waals surface area contributed by atoms with Crippen LogP contribution in [0.5, 0.6) is 11.5 Å². The fourth-order valence-corrected chi connectivity index (χ4v) is 4.39. The number of rotatable bonds is 5. The lowest BCUT2D eigenvalue weighted by Crippen LogP contribution is -2.29. The number of ketones is 1. The van der Waals surface area contributed by atoms with Gasteiger partial charge in [0, 0.05) is 16.8 Å². The van der Waals surface area contributed by atoms with Crippen molar-refractivity contribution in [2.75, 3.05) is 19.1 Å². The van der Waals surface area contributed by atoms with E-state index in [0.717, 1.165) is 5.56 Å². The van der Waals surface area contributed by atoms with Gasteiger partial charge in [-0.25, -0.2) is 0 Å². The van der Waals surface area contributed by atoms with Crippen LogP contribution in [-0.2, 0) is 15.0 Å². The van der Waals surface area contributed by atoms with Gasteiger partial charge in [-0.15, -0.1) is 0 Å². The lowest BCUT2D eigenvalue weighted by atomic mass is 9.84. The van der Waals surface area contributed by atoms with Crippen LogP contribution in [0.3, 0.4) is 0 Å². The number of aliphatic hydroxyl groups is 1. The van der Waals surface area contributed by atoms with Crippen LogP contribution in [0.25, 0.3) is 5.76 Å². The third-order valence-corrected chi connectivity index (χ3v) is 6.19. The Morgan fingerprint density at radius 1 is 0.886 bits per heavy atom. The van der Waals surface area contributed by atoms with Gasteiger partial charge in [0.25, 0.3) is 11.7 Å². The summed E-state index contributed by atoms with van der Waals surface area (Å²) in [5, 5.41) is 11.5. The number of methoxy groups -OCH3 is 2. The van der Waals surface area contributed by atoms with E-state index in [0.29, 0.717) is 28.3 Å². The summed E-state index contributed by atoms with van der Waals surface area (Å²) in [7, 11) is 3.17. The van der Waals surface area contributed by atoms with Crippen molar-refractivity contribution in [2.24, 2.45) is 0 Å². The molecule has 1 aliphatic rings. The summed E-state index contributed by atoms with van der Waals surface area (Å²) in [6, 6.07) is 20.6. The molecule has 1 aliphatic heterocycles. The first-order valence-electron chi connectivity index (χ1n) is 11.4. The molecule has 0 radical (unpaired) electrons. The van der Waals surface area contributed by atoms with E-state index in [2.05, 4.69) is 0 Å². The molecule has 1 atom stereocenters. The molecule has 0 aromatic heterocycles. The average Bonchev–Trinajstić information content (AvgIpc) is 3.13. The SMILES string of the molecule is COc1ccc(C2/C(=C(/O)c3ccc(OC)c(C(C)(C)C)c3)C(=O)C(=O)N2c2ccccc2)cc1. The normalized spacial score (nSPS) is 17.5. The third kappa shape index (κ3) is 4.39. The smallest absolute Gasteiger partial charge is 0.300 e. The Kier molecular flexibility index (Phi) is 6.39. The van der Waals surface area contributed by atoms with Crippen LogP contribution in [0.1, 0.15) is 43.5 Å². The summed E-state index contributed by atoms with van der Waals surface area (Å²) < 4.78 is 10.8. The fraction of sp³-hybridized carbons (Fsp3) is 0.241. The predicted octanol–water partition coefficient (Wildman–Crippen LogP) is 5.63. The molecule has 1 saturated heterocycles. The molecule has 0 spiro atoms. The number of Topliss-reactive ketones (excluding diaryl/α,β-unsaturated/α-hetero) is 1. The number of hydrogen-bond acceptors (Lipinski definition) is 5. The Labute approximate surface area is 205 Å². The van der Waals surface area contributed by atoms with Crippen LogP contribution in [0.4, 0.5) is 5.69 Å². The van der Waals surface area contributed by atoms with E-state index in [9.17, 15) is 14.7 Å². The maximum atomic E-state index is 13.4. The molecule has 1 fully saturated rings. The maximum Gasteiger partial charge on any atom is 0.300 e. The van der Waals surface area contributed by atoms with E-state index in [1.165, 1.54) is 4.90 Å². The molecule has 1 N–H and O–H groups in total. The molecule has 1 heterocycles. The molecular formula is C29H29NO5. The second kappa shape index (κ2) is 9.29. The zero-order chi connectivity index (χ0) is 25.3. The van der Waals surface area contributed by atoms with E-state index in [1.807, 2.05) is 32.9 Å². The molecule has 0 bridgehead atoms. The molecule has 180 valence electrons. The van der Waals surface area contributed by atoms with Crippen LogP contribution in [-0.4, -0.2) is 31.0 Å². The Morgan fingerprint density at radius 2 is 1.54 bits per heavy atom. The van der Waals surface area contributed by atoms with Gasteiger partial charge in [0.1, 0.15) is 17.3 Å². The van der Waals surface area contributed by atoms with Crippen molar-refractivity contribution < 1.29 is 24.2 Å². The highest BCUT2D eigenvalue weighted by Gasteiger charge is 2.47. The predicted molar refractivity (Wildman–Crippen MR) is 136 cm³/mol. The van der Waals surface area contributed by atoms with E-state index < -0.39 is 17.7 Å². The zero-order valence-electron chi connectivity index (χ0n) is 20.5. The molecule has 1 unspecified atom stereocenters. The van der Waals surface area contributed by atoms with Crippen LogP contribution in [0, 0.1) is 0 Å². The van der Waals surface area contributed by atoms with Crippen molar-refractivity contribution in [3.8, 4) is 11.5 Å². The molecule has 35 heavy (non-hydrogen) atoms. The van der Waals surface area contributed by atoms with Crippen LogP contribution >= 0.6 is 0 Å². The number of aliphatic hydroxyl groups excluding tert-OH is 1. The largest absolute Gasteiger partial charge is 0.507 e. The van der Waals surface area contributed by atoms with Crippen molar-refractivity contribution in [1.82, 2.24) is 0 Å². The van der Waals surface area contributed by atoms with Gasteiger partial charge in [0.15, 0.2) is 0 Å². The third-order valence-electron chi connectivity index (χ3n) is 6.19. The molecule has 4 rings (SSSR count). The summed E-state index contributed by atoms with van der Waals surface area (Å²) in [4.78, 5) is 28.1. The second-order valence-corrected chi connectivity index (χ2v) is 9.44. The minimum Gasteiger partial charge on any atom is -0.507 e. The number of anilines is 1. The Bertz CT molecular complexity index is 1290. The summed E-state index contributed by atoms with van der Waals surface area (Å²) in [5.74, 6) is -0.319. The number of para-hydroxylation sites is 1. The monoisotopic (exact) mass is 471 g/mol. The molecule has 0 saturated carbocycles. The van der Waals surface area contributed by atoms with Crippen molar-refractivity contribution in [2.45, 2.75) is 32.2 Å². The summed E-state index contributed by atoms with van der Waals surface area (Å²) >= 11 is 0. The number of hydrogen-bond donors (Lipinski definition) is 1. The fourth-order valence-electron chi connectivity index (χ4n) is 4.39. The Hall–Kier alpha value is -4.06. The zero-order valence-corrected chi connectivity index (χ0v) is 20.5. The minimum atomic E-state index is -0.802. The van der Waals surface area contributed by atoms with Gasteiger partial charge in [-0.2, -0.15) is 0 Å². The van der Waals surface area contributed by atoms with E-state index >= 15 is 0 Å². The minimum absolute atomic E-state index is 0.0362. The van der Waals surface area contributed by atoms with E-state index in [1.54, 1.807) is 74.9 Å². The number of amides is 1. The topological polar surface area (TPSA) is 76.1 Å². The van der Waals surface area contributed by atoms with Crippen molar-refractivity contribution >= 4 is 23.1 Å². The summed E-state index contributed by atoms with van der Waals surface area (Å²) in [5.41, 5.74) is 2.34. The first kappa shape index (κ1) is 24.1. The molecule has 3 aromatic carbocycles. The molecule has 6 nitrogen and oxygen atoms in total. The number of carbonyl (C=O) groups is 2. The van der Waals surface area contributed by atoms with Gasteiger partial charge in [-0.1, -0.05) is 51.1 Å². The highest BCUT2D eigenvalue weighted by molar-refractivity contribution is 6.51. The number of nitrogens with zero attached hydrogens (tertiary/aromatic N) is 1. The van der Waals surface area contributed by atoms with Crippen LogP contribution in [0.15, 0.2) is 78.4 Å². The molecule has 1 amide bonds. The van der Waals surface area contributed by atoms with Crippen molar-refractivity contribution in [3.63, 3.8) is 0 Å². The van der Waals surface area contributed by atoms with E-state index in [-0.39, 0.29) is 16.7 Å². The molecule has 6 heteroatoms. The van der Waals surface area contributed by atoms with Crippen molar-refractivity contribution in [3.05, 3.63) is 95.1 Å². The van der Waals surface area contributed by atoms with Crippen LogP contribution < -0.4 is 14.4 Å². The van der Waals surface area contributed by atoms with Gasteiger partial charge in [0.2, 0.25) is 0 Å². The van der Waals surface area contributed by atoms with Gasteiger partial charge in [0.05, 0.1) is 25.8 Å². The Morgan fingerprint density at radius 3 is 2.11 bits per heavy atom. The molecular weight excluding hydrogens is 442 g/mol. The number of benzene rings is 3. The standard InChI is InChI=1S/C29H29NO5/c1-29(2,3)22-17-19(13-16-23(22)35-5)26(31)24-25(18-11-14-21(34-4)15-12-18)30(28(33)27(24)32)20-9-7-6-8-10-20/h6-17,25,31H,1-5H3/b26-24-. The van der Waals surface area contributed by atoms with E-state index in [4.69, 9.17) is 9.47 Å². The molecule has 0 aliphatic carbocycles. The number of ether oxygens (including phenoxy) is 2. The average molecular weight is 472 g/mol. The number of carbonyl (C=O) groups excluding carboxylic acids is 2. The first-order valence-corrected chi connectivity index (χ1v) is 11.4. The Balaban J connectivity index is 1.94. The summed E-state index contributed by atoms with van der Waals surface area (Å²) in [6.45, 7) is 6.13. The van der Waals surface area contributed by atoms with Gasteiger partial charge < -0.3 is 14.6 Å². The van der Waals surface area contributed by atoms with Gasteiger partial charge >= 0.3 is 0 Å². The highest BCUT2D eigenvalue weighted by Crippen LogP contribution is 2.43. The second-order valence-electron chi connectivity index (χ2n) is 9.44. The quantitative estimate of drug-likeness (QED) is 0.297. The molecule has 3 aromatic rings. The lowest BCUT2D eigenvalue weighted by molar-refractivity contribution is -0.132. The maximum absolute atomic E-state index is 13.4. The summed E-state index contributed by atoms with van der Waals surface area (Å²) in [6.07, 6.45) is 0.